The number of hydrogen-bond acceptors (Lipinski definition) is 5. The molecule has 1 unspecified atom stereocenters. The Morgan fingerprint density at radius 2 is 1.76 bits per heavy atom. The maximum Gasteiger partial charge on any atom is 0.329 e. The summed E-state index contributed by atoms with van der Waals surface area (Å²) in [5.74, 6) is -3.65. The maximum absolute atomic E-state index is 11.7. The minimum absolute atomic E-state index is 0.0242. The number of rotatable bonds is 7. The number of aliphatic carboxylic acids is 2. The highest BCUT2D eigenvalue weighted by atomic mass is 16.7. The molecule has 0 saturated carbocycles. The molecule has 0 spiro atoms. The zero-order valence-electron chi connectivity index (χ0n) is 11.2. The van der Waals surface area contributed by atoms with Gasteiger partial charge in [-0.3, -0.25) is 14.4 Å². The summed E-state index contributed by atoms with van der Waals surface area (Å²) in [7, 11) is 1.09. The number of amides is 1. The van der Waals surface area contributed by atoms with E-state index < -0.39 is 30.3 Å². The molecule has 8 heteroatoms. The number of carbonyl (C=O) groups is 3. The van der Waals surface area contributed by atoms with Gasteiger partial charge >= 0.3 is 11.9 Å². The summed E-state index contributed by atoms with van der Waals surface area (Å²) in [6.07, 6.45) is -0.956. The van der Waals surface area contributed by atoms with Gasteiger partial charge < -0.3 is 15.3 Å². The molecular formula is C13H15NO7. The Balaban J connectivity index is 2.92. The number of hydroxylamine groups is 2. The molecule has 0 fully saturated rings. The van der Waals surface area contributed by atoms with Gasteiger partial charge in [0.2, 0.25) is 0 Å². The van der Waals surface area contributed by atoms with Crippen LogP contribution in [0, 0.1) is 0 Å². The molecular weight excluding hydrogens is 282 g/mol. The van der Waals surface area contributed by atoms with Gasteiger partial charge in [0.1, 0.15) is 12.2 Å². The second-order valence-corrected chi connectivity index (χ2v) is 4.20. The Kier molecular flexibility index (Phi) is 5.67. The Bertz CT molecular complexity index is 526. The molecule has 1 aromatic carbocycles. The smallest absolute Gasteiger partial charge is 0.329 e. The molecule has 0 heterocycles. The first-order chi connectivity index (χ1) is 9.85. The lowest BCUT2D eigenvalue weighted by Gasteiger charge is -2.26. The highest BCUT2D eigenvalue weighted by Gasteiger charge is 2.31. The predicted molar refractivity (Wildman–Crippen MR) is 69.3 cm³/mol. The number of nitrogens with zero attached hydrogens (tertiary/aromatic N) is 1. The lowest BCUT2D eigenvalue weighted by atomic mass is 10.1. The molecule has 0 aliphatic carbocycles. The molecule has 1 aromatic rings. The van der Waals surface area contributed by atoms with E-state index in [1.807, 2.05) is 0 Å². The van der Waals surface area contributed by atoms with Crippen molar-refractivity contribution in [2.24, 2.45) is 0 Å². The molecule has 0 aliphatic rings. The van der Waals surface area contributed by atoms with E-state index in [1.54, 1.807) is 0 Å². The standard InChI is InChI=1S/C13H15NO7/c1-21-14(11(16)7-12(17)18)10(13(19)20)6-8-2-4-9(15)5-3-8/h2-5,10,15H,6-7H2,1H3,(H,17,18)(H,19,20). The van der Waals surface area contributed by atoms with E-state index in [0.717, 1.165) is 7.11 Å². The molecule has 1 amide bonds. The van der Waals surface area contributed by atoms with Gasteiger partial charge in [0.05, 0.1) is 7.11 Å². The van der Waals surface area contributed by atoms with Crippen molar-refractivity contribution in [3.63, 3.8) is 0 Å². The summed E-state index contributed by atoms with van der Waals surface area (Å²) in [5, 5.41) is 27.5. The first-order valence-electron chi connectivity index (χ1n) is 5.93. The first-order valence-corrected chi connectivity index (χ1v) is 5.93. The summed E-state index contributed by atoms with van der Waals surface area (Å²) in [6, 6.07) is 4.39. The van der Waals surface area contributed by atoms with Crippen LogP contribution in [-0.4, -0.2) is 51.4 Å². The highest BCUT2D eigenvalue weighted by Crippen LogP contribution is 2.15. The van der Waals surface area contributed by atoms with Crippen LogP contribution >= 0.6 is 0 Å². The fourth-order valence-corrected chi connectivity index (χ4v) is 1.74. The lowest BCUT2D eigenvalue weighted by molar-refractivity contribution is -0.197. The number of carbonyl (C=O) groups excluding carboxylic acids is 1. The van der Waals surface area contributed by atoms with E-state index in [-0.39, 0.29) is 12.2 Å². The number of hydrogen-bond donors (Lipinski definition) is 3. The Morgan fingerprint density at radius 3 is 2.19 bits per heavy atom. The van der Waals surface area contributed by atoms with Crippen molar-refractivity contribution in [1.29, 1.82) is 0 Å². The number of phenolic OH excluding ortho intramolecular Hbond substituents is 1. The lowest BCUT2D eigenvalue weighted by Crippen LogP contribution is -2.46. The maximum atomic E-state index is 11.7. The second kappa shape index (κ2) is 7.25. The zero-order chi connectivity index (χ0) is 16.0. The van der Waals surface area contributed by atoms with Gasteiger partial charge in [-0.1, -0.05) is 12.1 Å². The minimum atomic E-state index is -1.38. The Labute approximate surface area is 120 Å². The van der Waals surface area contributed by atoms with Crippen LogP contribution in [0.1, 0.15) is 12.0 Å². The van der Waals surface area contributed by atoms with Crippen LogP contribution in [0.4, 0.5) is 0 Å². The van der Waals surface area contributed by atoms with Crippen molar-refractivity contribution in [2.75, 3.05) is 7.11 Å². The topological polar surface area (TPSA) is 124 Å². The molecule has 0 bridgehead atoms. The van der Waals surface area contributed by atoms with E-state index >= 15 is 0 Å². The minimum Gasteiger partial charge on any atom is -0.508 e. The molecule has 21 heavy (non-hydrogen) atoms. The van der Waals surface area contributed by atoms with Crippen molar-refractivity contribution in [3.8, 4) is 5.75 Å². The van der Waals surface area contributed by atoms with Gasteiger partial charge in [-0.05, 0) is 17.7 Å². The number of carboxylic acids is 2. The molecule has 0 saturated heterocycles. The number of phenols is 1. The number of carboxylic acid groups (broad SMARTS) is 2. The quantitative estimate of drug-likeness (QED) is 0.486. The summed E-state index contributed by atoms with van der Waals surface area (Å²) in [5.41, 5.74) is 0.547. The van der Waals surface area contributed by atoms with Crippen LogP contribution in [0.3, 0.4) is 0 Å². The van der Waals surface area contributed by atoms with E-state index in [0.29, 0.717) is 10.6 Å². The normalized spacial score (nSPS) is 11.7. The SMILES string of the molecule is CON(C(=O)CC(=O)O)C(Cc1ccc(O)cc1)C(=O)O. The van der Waals surface area contributed by atoms with Crippen LogP contribution in [0.25, 0.3) is 0 Å². The van der Waals surface area contributed by atoms with Crippen molar-refractivity contribution in [3.05, 3.63) is 29.8 Å². The van der Waals surface area contributed by atoms with Gasteiger partial charge in [-0.2, -0.15) is 0 Å². The van der Waals surface area contributed by atoms with Crippen molar-refractivity contribution >= 4 is 17.8 Å². The van der Waals surface area contributed by atoms with Gasteiger partial charge in [-0.25, -0.2) is 9.86 Å². The third-order valence-electron chi connectivity index (χ3n) is 2.68. The third-order valence-corrected chi connectivity index (χ3v) is 2.68. The molecule has 3 N–H and O–H groups in total. The fourth-order valence-electron chi connectivity index (χ4n) is 1.74. The Morgan fingerprint density at radius 1 is 1.19 bits per heavy atom. The Hall–Kier alpha value is -2.61. The summed E-state index contributed by atoms with van der Waals surface area (Å²) < 4.78 is 0. The van der Waals surface area contributed by atoms with Gasteiger partial charge in [0.15, 0.2) is 6.04 Å². The average molecular weight is 297 g/mol. The summed E-state index contributed by atoms with van der Waals surface area (Å²) >= 11 is 0. The van der Waals surface area contributed by atoms with E-state index in [4.69, 9.17) is 9.94 Å². The van der Waals surface area contributed by atoms with Gasteiger partial charge in [0.25, 0.3) is 5.91 Å². The second-order valence-electron chi connectivity index (χ2n) is 4.20. The van der Waals surface area contributed by atoms with Crippen molar-refractivity contribution in [2.45, 2.75) is 18.9 Å². The number of aromatic hydroxyl groups is 1. The zero-order valence-corrected chi connectivity index (χ0v) is 11.2. The van der Waals surface area contributed by atoms with Gasteiger partial charge in [0, 0.05) is 6.42 Å². The highest BCUT2D eigenvalue weighted by molar-refractivity contribution is 5.94. The van der Waals surface area contributed by atoms with E-state index in [1.165, 1.54) is 24.3 Å². The van der Waals surface area contributed by atoms with Gasteiger partial charge in [-0.15, -0.1) is 0 Å². The van der Waals surface area contributed by atoms with Crippen LogP contribution in [0.5, 0.6) is 5.75 Å². The third kappa shape index (κ3) is 4.77. The predicted octanol–water partition coefficient (Wildman–Crippen LogP) is 0.253. The first kappa shape index (κ1) is 16.4. The van der Waals surface area contributed by atoms with Crippen molar-refractivity contribution < 1.29 is 34.5 Å². The summed E-state index contributed by atoms with van der Waals surface area (Å²) in [4.78, 5) is 38.2. The molecule has 0 radical (unpaired) electrons. The average Bonchev–Trinajstić information content (AvgIpc) is 2.39. The van der Waals surface area contributed by atoms with E-state index in [9.17, 15) is 24.6 Å². The number of benzene rings is 1. The van der Waals surface area contributed by atoms with E-state index in [2.05, 4.69) is 0 Å². The molecule has 0 aromatic heterocycles. The fraction of sp³-hybridized carbons (Fsp3) is 0.308. The monoisotopic (exact) mass is 297 g/mol. The molecule has 0 aliphatic heterocycles. The largest absolute Gasteiger partial charge is 0.508 e. The summed E-state index contributed by atoms with van der Waals surface area (Å²) in [6.45, 7) is 0. The van der Waals surface area contributed by atoms with Crippen LogP contribution in [0.15, 0.2) is 24.3 Å². The van der Waals surface area contributed by atoms with Crippen molar-refractivity contribution in [1.82, 2.24) is 5.06 Å². The van der Waals surface area contributed by atoms with Crippen LogP contribution in [0.2, 0.25) is 0 Å². The molecule has 114 valence electrons. The molecule has 8 nitrogen and oxygen atoms in total. The molecule has 1 atom stereocenters. The molecule has 1 rings (SSSR count). The van der Waals surface area contributed by atoms with Crippen LogP contribution < -0.4 is 0 Å². The van der Waals surface area contributed by atoms with Crippen LogP contribution in [-0.2, 0) is 25.6 Å².